The van der Waals surface area contributed by atoms with Gasteiger partial charge in [-0.2, -0.15) is 0 Å². The lowest BCUT2D eigenvalue weighted by Gasteiger charge is -2.32. The lowest BCUT2D eigenvalue weighted by atomic mass is 9.97. The first-order valence-electron chi connectivity index (χ1n) is 8.50. The molecule has 0 amide bonds. The van der Waals surface area contributed by atoms with Crippen LogP contribution in [0.15, 0.2) is 65.2 Å². The number of nitrogens with zero attached hydrogens (tertiary/aromatic N) is 3. The van der Waals surface area contributed by atoms with Crippen molar-refractivity contribution in [1.82, 2.24) is 0 Å². The SMILES string of the molecule is CCC1=NCN(c2ccccc2)C(c2cccc([N+](=O)[O-])c2)=C1C(=O)OC. The molecule has 1 heterocycles. The number of hydrogen-bond acceptors (Lipinski definition) is 6. The number of rotatable bonds is 5. The highest BCUT2D eigenvalue weighted by molar-refractivity contribution is 6.26. The van der Waals surface area contributed by atoms with Gasteiger partial charge in [-0.05, 0) is 18.6 Å². The fourth-order valence-electron chi connectivity index (χ4n) is 3.07. The molecular formula is C20H19N3O4. The molecule has 0 bridgehead atoms. The first-order valence-corrected chi connectivity index (χ1v) is 8.50. The summed E-state index contributed by atoms with van der Waals surface area (Å²) < 4.78 is 5.00. The van der Waals surface area contributed by atoms with Crippen LogP contribution in [0.3, 0.4) is 0 Å². The van der Waals surface area contributed by atoms with Crippen LogP contribution in [0.4, 0.5) is 11.4 Å². The fourth-order valence-corrected chi connectivity index (χ4v) is 3.07. The molecule has 0 aliphatic carbocycles. The normalized spacial score (nSPS) is 14.0. The van der Waals surface area contributed by atoms with E-state index in [2.05, 4.69) is 4.99 Å². The van der Waals surface area contributed by atoms with Gasteiger partial charge < -0.3 is 9.64 Å². The van der Waals surface area contributed by atoms with Gasteiger partial charge in [0.1, 0.15) is 12.2 Å². The maximum Gasteiger partial charge on any atom is 0.341 e. The van der Waals surface area contributed by atoms with Crippen LogP contribution in [0.2, 0.25) is 0 Å². The first kappa shape index (κ1) is 18.3. The van der Waals surface area contributed by atoms with E-state index in [0.29, 0.717) is 35.6 Å². The number of aliphatic imine (C=N–C) groups is 1. The number of ether oxygens (including phenoxy) is 1. The van der Waals surface area contributed by atoms with Crippen LogP contribution in [0.1, 0.15) is 18.9 Å². The molecule has 0 fully saturated rings. The van der Waals surface area contributed by atoms with E-state index in [0.717, 1.165) is 5.69 Å². The number of methoxy groups -OCH3 is 1. The zero-order valence-electron chi connectivity index (χ0n) is 15.1. The lowest BCUT2D eigenvalue weighted by molar-refractivity contribution is -0.384. The molecule has 0 radical (unpaired) electrons. The van der Waals surface area contributed by atoms with E-state index in [1.54, 1.807) is 12.1 Å². The Morgan fingerprint density at radius 1 is 1.22 bits per heavy atom. The summed E-state index contributed by atoms with van der Waals surface area (Å²) in [4.78, 5) is 29.8. The summed E-state index contributed by atoms with van der Waals surface area (Å²) in [6, 6.07) is 15.7. The van der Waals surface area contributed by atoms with Gasteiger partial charge in [0.05, 0.1) is 23.4 Å². The quantitative estimate of drug-likeness (QED) is 0.457. The third-order valence-electron chi connectivity index (χ3n) is 4.32. The summed E-state index contributed by atoms with van der Waals surface area (Å²) in [7, 11) is 1.31. The Kier molecular flexibility index (Phi) is 5.30. The Bertz CT molecular complexity index is 935. The molecule has 0 N–H and O–H groups in total. The minimum atomic E-state index is -0.516. The van der Waals surface area contributed by atoms with Crippen LogP contribution in [0.5, 0.6) is 0 Å². The Labute approximate surface area is 156 Å². The Morgan fingerprint density at radius 2 is 1.96 bits per heavy atom. The molecule has 0 saturated heterocycles. The predicted molar refractivity (Wildman–Crippen MR) is 104 cm³/mol. The molecular weight excluding hydrogens is 346 g/mol. The molecule has 0 aromatic heterocycles. The predicted octanol–water partition coefficient (Wildman–Crippen LogP) is 3.81. The van der Waals surface area contributed by atoms with E-state index in [4.69, 9.17) is 4.74 Å². The molecule has 2 aromatic rings. The van der Waals surface area contributed by atoms with Crippen molar-refractivity contribution >= 4 is 28.8 Å². The monoisotopic (exact) mass is 365 g/mol. The largest absolute Gasteiger partial charge is 0.465 e. The molecule has 0 spiro atoms. The van der Waals surface area contributed by atoms with Crippen molar-refractivity contribution in [3.8, 4) is 0 Å². The average molecular weight is 365 g/mol. The summed E-state index contributed by atoms with van der Waals surface area (Å²) in [5, 5.41) is 11.2. The molecule has 138 valence electrons. The molecule has 1 aliphatic rings. The van der Waals surface area contributed by atoms with Crippen molar-refractivity contribution in [3.63, 3.8) is 0 Å². The fraction of sp³-hybridized carbons (Fsp3) is 0.200. The van der Waals surface area contributed by atoms with Crippen molar-refractivity contribution in [2.75, 3.05) is 18.7 Å². The third-order valence-corrected chi connectivity index (χ3v) is 4.32. The molecule has 7 nitrogen and oxygen atoms in total. The number of nitro groups is 1. The second kappa shape index (κ2) is 7.82. The van der Waals surface area contributed by atoms with Gasteiger partial charge in [0.2, 0.25) is 0 Å². The third kappa shape index (κ3) is 3.57. The maximum absolute atomic E-state index is 12.6. The summed E-state index contributed by atoms with van der Waals surface area (Å²) in [5.41, 5.74) is 2.86. The first-order chi connectivity index (χ1) is 13.1. The second-order valence-corrected chi connectivity index (χ2v) is 5.89. The summed E-state index contributed by atoms with van der Waals surface area (Å²) in [5.74, 6) is -0.516. The number of benzene rings is 2. The topological polar surface area (TPSA) is 85.0 Å². The standard InChI is InChI=1S/C20H19N3O4/c1-3-17-18(20(24)27-2)19(14-8-7-11-16(12-14)23(25)26)22(13-21-17)15-9-5-4-6-10-15/h4-12H,3,13H2,1-2H3. The maximum atomic E-state index is 12.6. The number of anilines is 1. The van der Waals surface area contributed by atoms with Crippen molar-refractivity contribution in [2.24, 2.45) is 4.99 Å². The summed E-state index contributed by atoms with van der Waals surface area (Å²) in [6.07, 6.45) is 0.547. The Hall–Kier alpha value is -3.48. The van der Waals surface area contributed by atoms with Gasteiger partial charge in [0.15, 0.2) is 0 Å². The molecule has 1 aliphatic heterocycles. The number of esters is 1. The molecule has 3 rings (SSSR count). The van der Waals surface area contributed by atoms with Gasteiger partial charge in [0.25, 0.3) is 5.69 Å². The van der Waals surface area contributed by atoms with Crippen LogP contribution < -0.4 is 4.90 Å². The number of para-hydroxylation sites is 1. The minimum Gasteiger partial charge on any atom is -0.465 e. The van der Waals surface area contributed by atoms with Gasteiger partial charge in [-0.3, -0.25) is 15.1 Å². The molecule has 0 saturated carbocycles. The molecule has 27 heavy (non-hydrogen) atoms. The Balaban J connectivity index is 2.27. The molecule has 2 aromatic carbocycles. The van der Waals surface area contributed by atoms with E-state index in [9.17, 15) is 14.9 Å². The second-order valence-electron chi connectivity index (χ2n) is 5.89. The van der Waals surface area contributed by atoms with Crippen LogP contribution in [0.25, 0.3) is 5.70 Å². The van der Waals surface area contributed by atoms with E-state index in [-0.39, 0.29) is 5.69 Å². The summed E-state index contributed by atoms with van der Waals surface area (Å²) >= 11 is 0. The molecule has 0 atom stereocenters. The minimum absolute atomic E-state index is 0.0437. The smallest absolute Gasteiger partial charge is 0.341 e. The average Bonchev–Trinajstić information content (AvgIpc) is 2.72. The summed E-state index contributed by atoms with van der Waals surface area (Å²) in [6.45, 7) is 2.22. The number of non-ortho nitro benzene ring substituents is 1. The van der Waals surface area contributed by atoms with Crippen LogP contribution in [0, 0.1) is 10.1 Å². The van der Waals surface area contributed by atoms with Gasteiger partial charge in [-0.15, -0.1) is 0 Å². The van der Waals surface area contributed by atoms with Crippen LogP contribution in [-0.4, -0.2) is 30.4 Å². The zero-order valence-corrected chi connectivity index (χ0v) is 15.1. The Morgan fingerprint density at radius 3 is 2.59 bits per heavy atom. The highest BCUT2D eigenvalue weighted by Crippen LogP contribution is 2.34. The van der Waals surface area contributed by atoms with Gasteiger partial charge >= 0.3 is 5.97 Å². The number of hydrogen-bond donors (Lipinski definition) is 0. The van der Waals surface area contributed by atoms with Crippen LogP contribution in [-0.2, 0) is 9.53 Å². The van der Waals surface area contributed by atoms with Crippen molar-refractivity contribution in [3.05, 3.63) is 75.8 Å². The van der Waals surface area contributed by atoms with Gasteiger partial charge in [-0.1, -0.05) is 37.3 Å². The highest BCUT2D eigenvalue weighted by Gasteiger charge is 2.30. The van der Waals surface area contributed by atoms with E-state index < -0.39 is 10.9 Å². The van der Waals surface area contributed by atoms with Crippen molar-refractivity contribution in [2.45, 2.75) is 13.3 Å². The number of carbonyl (C=O) groups excluding carboxylic acids is 1. The van der Waals surface area contributed by atoms with E-state index in [1.165, 1.54) is 19.2 Å². The highest BCUT2D eigenvalue weighted by atomic mass is 16.6. The molecule has 0 unspecified atom stereocenters. The van der Waals surface area contributed by atoms with E-state index >= 15 is 0 Å². The zero-order chi connectivity index (χ0) is 19.4. The van der Waals surface area contributed by atoms with Crippen molar-refractivity contribution < 1.29 is 14.5 Å². The molecule has 7 heteroatoms. The number of carbonyl (C=O) groups is 1. The lowest BCUT2D eigenvalue weighted by Crippen LogP contribution is -2.32. The van der Waals surface area contributed by atoms with Gasteiger partial charge in [0, 0.05) is 23.4 Å². The van der Waals surface area contributed by atoms with Crippen molar-refractivity contribution in [1.29, 1.82) is 0 Å². The number of nitro benzene ring substituents is 1. The van der Waals surface area contributed by atoms with Gasteiger partial charge in [-0.25, -0.2) is 4.79 Å². The van der Waals surface area contributed by atoms with Crippen LogP contribution >= 0.6 is 0 Å². The van der Waals surface area contributed by atoms with E-state index in [1.807, 2.05) is 42.2 Å².